The van der Waals surface area contributed by atoms with Crippen LogP contribution >= 0.6 is 27.5 Å². The second-order valence-electron chi connectivity index (χ2n) is 8.16. The van der Waals surface area contributed by atoms with Gasteiger partial charge >= 0.3 is 6.03 Å². The highest BCUT2D eigenvalue weighted by Gasteiger charge is 2.37. The van der Waals surface area contributed by atoms with Gasteiger partial charge in [-0.2, -0.15) is 0 Å². The molecule has 0 radical (unpaired) electrons. The van der Waals surface area contributed by atoms with Crippen LogP contribution in [0, 0.1) is 13.8 Å². The minimum Gasteiger partial charge on any atom is -0.493 e. The first kappa shape index (κ1) is 25.5. The molecule has 1 fully saturated rings. The molecule has 0 bridgehead atoms. The molecule has 1 N–H and O–H groups in total. The highest BCUT2D eigenvalue weighted by Crippen LogP contribution is 2.38. The van der Waals surface area contributed by atoms with Gasteiger partial charge in [0.2, 0.25) is 0 Å². The van der Waals surface area contributed by atoms with Crippen molar-refractivity contribution in [2.24, 2.45) is 0 Å². The first-order chi connectivity index (χ1) is 17.2. The highest BCUT2D eigenvalue weighted by atomic mass is 79.9. The Hall–Kier alpha value is -3.62. The predicted molar refractivity (Wildman–Crippen MR) is 141 cm³/mol. The number of carbonyl (C=O) groups is 3. The molecule has 9 heteroatoms. The van der Waals surface area contributed by atoms with Gasteiger partial charge in [0.15, 0.2) is 11.5 Å². The van der Waals surface area contributed by atoms with Crippen LogP contribution in [0.2, 0.25) is 5.02 Å². The van der Waals surface area contributed by atoms with Crippen molar-refractivity contribution in [2.75, 3.05) is 12.0 Å². The van der Waals surface area contributed by atoms with Crippen LogP contribution < -0.4 is 19.7 Å². The lowest BCUT2D eigenvalue weighted by Crippen LogP contribution is -2.54. The number of anilines is 1. The summed E-state index contributed by atoms with van der Waals surface area (Å²) in [4.78, 5) is 39.5. The molecule has 3 aromatic carbocycles. The van der Waals surface area contributed by atoms with Crippen molar-refractivity contribution in [3.05, 3.63) is 91.9 Å². The van der Waals surface area contributed by atoms with Crippen molar-refractivity contribution in [1.82, 2.24) is 5.32 Å². The van der Waals surface area contributed by atoms with Crippen molar-refractivity contribution in [3.63, 3.8) is 0 Å². The molecule has 0 unspecified atom stereocenters. The maximum Gasteiger partial charge on any atom is 0.335 e. The molecule has 1 aliphatic heterocycles. The van der Waals surface area contributed by atoms with Gasteiger partial charge in [-0.25, -0.2) is 9.69 Å². The van der Waals surface area contributed by atoms with E-state index in [1.807, 2.05) is 37.3 Å². The summed E-state index contributed by atoms with van der Waals surface area (Å²) in [5.41, 5.74) is 3.13. The topological polar surface area (TPSA) is 84.9 Å². The first-order valence-corrected chi connectivity index (χ1v) is 12.1. The minimum absolute atomic E-state index is 0.186. The van der Waals surface area contributed by atoms with Crippen molar-refractivity contribution in [1.29, 1.82) is 0 Å². The number of halogens is 2. The van der Waals surface area contributed by atoms with Crippen molar-refractivity contribution in [3.8, 4) is 11.5 Å². The molecule has 4 rings (SSSR count). The molecule has 1 saturated heterocycles. The molecule has 0 aliphatic carbocycles. The van der Waals surface area contributed by atoms with E-state index in [1.165, 1.54) is 13.2 Å². The number of nitrogens with one attached hydrogen (secondary N) is 1. The number of hydrogen-bond acceptors (Lipinski definition) is 5. The van der Waals surface area contributed by atoms with Crippen LogP contribution in [-0.2, 0) is 16.2 Å². The fraction of sp³-hybridized carbons (Fsp3) is 0.148. The summed E-state index contributed by atoms with van der Waals surface area (Å²) in [5, 5.41) is 2.83. The summed E-state index contributed by atoms with van der Waals surface area (Å²) in [6.45, 7) is 3.86. The van der Waals surface area contributed by atoms with Gasteiger partial charge in [-0.1, -0.05) is 41.9 Å². The van der Waals surface area contributed by atoms with Crippen molar-refractivity contribution >= 4 is 57.1 Å². The first-order valence-electron chi connectivity index (χ1n) is 10.9. The molecular formula is C27H22BrClN2O5. The second-order valence-corrected chi connectivity index (χ2v) is 9.42. The van der Waals surface area contributed by atoms with E-state index in [9.17, 15) is 14.4 Å². The fourth-order valence-electron chi connectivity index (χ4n) is 3.73. The maximum absolute atomic E-state index is 13.3. The Morgan fingerprint density at radius 1 is 1.06 bits per heavy atom. The van der Waals surface area contributed by atoms with Gasteiger partial charge in [0.1, 0.15) is 12.2 Å². The summed E-state index contributed by atoms with van der Waals surface area (Å²) < 4.78 is 12.0. The Morgan fingerprint density at radius 3 is 2.53 bits per heavy atom. The SMILES string of the molecule is COc1cc(/C=C2\C(=O)NC(=O)N(c3cc(C)ccc3C)C2=O)cc(Br)c1OCc1ccccc1Cl. The van der Waals surface area contributed by atoms with Gasteiger partial charge < -0.3 is 9.47 Å². The largest absolute Gasteiger partial charge is 0.493 e. The maximum atomic E-state index is 13.3. The second kappa shape index (κ2) is 10.6. The van der Waals surface area contributed by atoms with Gasteiger partial charge in [-0.05, 0) is 76.8 Å². The Balaban J connectivity index is 1.67. The minimum atomic E-state index is -0.794. The third kappa shape index (κ3) is 5.15. The number of nitrogens with zero attached hydrogens (tertiary/aromatic N) is 1. The van der Waals surface area contributed by atoms with Crippen molar-refractivity contribution < 1.29 is 23.9 Å². The Bertz CT molecular complexity index is 1420. The van der Waals surface area contributed by atoms with Crippen molar-refractivity contribution in [2.45, 2.75) is 20.5 Å². The summed E-state index contributed by atoms with van der Waals surface area (Å²) in [7, 11) is 1.49. The summed E-state index contributed by atoms with van der Waals surface area (Å²) >= 11 is 9.71. The van der Waals surface area contributed by atoms with Crippen LogP contribution in [-0.4, -0.2) is 25.0 Å². The molecule has 36 heavy (non-hydrogen) atoms. The molecule has 4 amide bonds. The number of benzene rings is 3. The van der Waals surface area contributed by atoms with E-state index < -0.39 is 17.8 Å². The van der Waals surface area contributed by atoms with E-state index in [4.69, 9.17) is 21.1 Å². The molecule has 1 aliphatic rings. The molecule has 1 heterocycles. The predicted octanol–water partition coefficient (Wildman–Crippen LogP) is 5.97. The number of rotatable bonds is 6. The van der Waals surface area contributed by atoms with Crippen LogP contribution in [0.25, 0.3) is 6.08 Å². The Kier molecular flexibility index (Phi) is 7.47. The van der Waals surface area contributed by atoms with Crippen LogP contribution in [0.1, 0.15) is 22.3 Å². The summed E-state index contributed by atoms with van der Waals surface area (Å²) in [5.74, 6) is -0.673. The quantitative estimate of drug-likeness (QED) is 0.292. The van der Waals surface area contributed by atoms with E-state index in [0.717, 1.165) is 21.6 Å². The van der Waals surface area contributed by atoms with E-state index >= 15 is 0 Å². The van der Waals surface area contributed by atoms with E-state index in [0.29, 0.717) is 32.2 Å². The molecular weight excluding hydrogens is 548 g/mol. The van der Waals surface area contributed by atoms with Crippen LogP contribution in [0.4, 0.5) is 10.5 Å². The number of aryl methyl sites for hydroxylation is 2. The normalized spacial score (nSPS) is 14.8. The number of urea groups is 1. The Labute approximate surface area is 221 Å². The van der Waals surface area contributed by atoms with Gasteiger partial charge in [-0.15, -0.1) is 0 Å². The van der Waals surface area contributed by atoms with Gasteiger partial charge in [0.05, 0.1) is 17.3 Å². The number of amides is 4. The zero-order valence-electron chi connectivity index (χ0n) is 19.7. The number of hydrogen-bond donors (Lipinski definition) is 1. The summed E-state index contributed by atoms with van der Waals surface area (Å²) in [6, 6.07) is 15.3. The van der Waals surface area contributed by atoms with Crippen LogP contribution in [0.3, 0.4) is 0 Å². The molecule has 0 atom stereocenters. The van der Waals surface area contributed by atoms with Gasteiger partial charge in [0, 0.05) is 10.6 Å². The number of ether oxygens (including phenoxy) is 2. The molecule has 0 saturated carbocycles. The molecule has 7 nitrogen and oxygen atoms in total. The van der Waals surface area contributed by atoms with Gasteiger partial charge in [0.25, 0.3) is 11.8 Å². The Morgan fingerprint density at radius 2 is 1.81 bits per heavy atom. The standard InChI is InChI=1S/C27H22BrClN2O5/c1-15-8-9-16(2)22(10-15)31-26(33)19(25(32)30-27(31)34)11-17-12-20(28)24(23(13-17)35-3)36-14-18-6-4-5-7-21(18)29/h4-13H,14H2,1-3H3,(H,30,32,34)/b19-11+. The van der Waals surface area contributed by atoms with E-state index in [1.54, 1.807) is 31.2 Å². The monoisotopic (exact) mass is 568 g/mol. The zero-order valence-corrected chi connectivity index (χ0v) is 22.1. The molecule has 0 spiro atoms. The zero-order chi connectivity index (χ0) is 26.0. The summed E-state index contributed by atoms with van der Waals surface area (Å²) in [6.07, 6.45) is 1.41. The van der Waals surface area contributed by atoms with E-state index in [2.05, 4.69) is 21.2 Å². The average Bonchev–Trinajstić information content (AvgIpc) is 2.83. The fourth-order valence-corrected chi connectivity index (χ4v) is 4.50. The lowest BCUT2D eigenvalue weighted by Gasteiger charge is -2.28. The number of imide groups is 2. The van der Waals surface area contributed by atoms with Crippen LogP contribution in [0.5, 0.6) is 11.5 Å². The molecule has 3 aromatic rings. The third-order valence-electron chi connectivity index (χ3n) is 5.60. The molecule has 184 valence electrons. The third-order valence-corrected chi connectivity index (χ3v) is 6.56. The lowest BCUT2D eigenvalue weighted by molar-refractivity contribution is -0.122. The average molecular weight is 570 g/mol. The number of carbonyl (C=O) groups excluding carboxylic acids is 3. The number of barbiturate groups is 1. The smallest absolute Gasteiger partial charge is 0.335 e. The van der Waals surface area contributed by atoms with E-state index in [-0.39, 0.29) is 12.2 Å². The lowest BCUT2D eigenvalue weighted by atomic mass is 10.0. The number of methoxy groups -OCH3 is 1. The van der Waals surface area contributed by atoms with Crippen LogP contribution in [0.15, 0.2) is 64.6 Å². The van der Waals surface area contributed by atoms with Gasteiger partial charge in [-0.3, -0.25) is 14.9 Å². The highest BCUT2D eigenvalue weighted by molar-refractivity contribution is 9.10. The molecule has 0 aromatic heterocycles.